The van der Waals surface area contributed by atoms with Gasteiger partial charge in [-0.2, -0.15) is 0 Å². The molecule has 0 saturated carbocycles. The molecule has 1 aromatic carbocycles. The molecule has 1 unspecified atom stereocenters. The Hall–Kier alpha value is -3.61. The van der Waals surface area contributed by atoms with Crippen molar-refractivity contribution in [3.05, 3.63) is 66.6 Å². The first-order valence-corrected chi connectivity index (χ1v) is 9.69. The Labute approximate surface area is 168 Å². The molecule has 7 nitrogen and oxygen atoms in total. The summed E-state index contributed by atoms with van der Waals surface area (Å²) in [5.41, 5.74) is 3.91. The molecule has 0 saturated heterocycles. The van der Waals surface area contributed by atoms with Crippen LogP contribution in [0.2, 0.25) is 0 Å². The van der Waals surface area contributed by atoms with Gasteiger partial charge in [-0.3, -0.25) is 9.55 Å². The number of nitrogens with zero attached hydrogens (tertiary/aromatic N) is 6. The summed E-state index contributed by atoms with van der Waals surface area (Å²) in [4.78, 5) is 13.9. The molecule has 0 radical (unpaired) electrons. The van der Waals surface area contributed by atoms with Crippen molar-refractivity contribution in [3.8, 4) is 28.2 Å². The summed E-state index contributed by atoms with van der Waals surface area (Å²) >= 11 is 0. The molecule has 1 aliphatic heterocycles. The molecule has 3 aromatic heterocycles. The Morgan fingerprint density at radius 1 is 1.00 bits per heavy atom. The third-order valence-corrected chi connectivity index (χ3v) is 5.24. The standard InChI is InChI=1S/C22H21N7/c1-13(2)19-22-28-27-14(3)29(22)18-12-24-20(26-21(18)25-19)16-9-10-23-11-17(16)15-7-5-4-6-8-15/h4-13,19H,1-3H3,(H,24,25,26). The molecule has 0 bridgehead atoms. The number of fused-ring (bicyclic) bond motifs is 3. The van der Waals surface area contributed by atoms with E-state index >= 15 is 0 Å². The van der Waals surface area contributed by atoms with Gasteiger partial charge in [-0.05, 0) is 24.5 Å². The summed E-state index contributed by atoms with van der Waals surface area (Å²) in [7, 11) is 0. The maximum absolute atomic E-state index is 4.90. The van der Waals surface area contributed by atoms with Crippen molar-refractivity contribution in [2.75, 3.05) is 5.32 Å². The number of aromatic nitrogens is 6. The fourth-order valence-corrected chi connectivity index (χ4v) is 3.77. The monoisotopic (exact) mass is 383 g/mol. The number of hydrogen-bond acceptors (Lipinski definition) is 6. The minimum Gasteiger partial charge on any atom is -0.358 e. The first-order valence-electron chi connectivity index (χ1n) is 9.69. The van der Waals surface area contributed by atoms with Crippen molar-refractivity contribution < 1.29 is 0 Å². The molecule has 7 heteroatoms. The van der Waals surface area contributed by atoms with Gasteiger partial charge in [-0.15, -0.1) is 10.2 Å². The molecule has 0 fully saturated rings. The Bertz CT molecular complexity index is 1180. The first-order chi connectivity index (χ1) is 14.1. The van der Waals surface area contributed by atoms with Gasteiger partial charge in [0.15, 0.2) is 17.5 Å². The van der Waals surface area contributed by atoms with Crippen molar-refractivity contribution >= 4 is 5.82 Å². The molecule has 4 aromatic rings. The lowest BCUT2D eigenvalue weighted by Gasteiger charge is -2.29. The lowest BCUT2D eigenvalue weighted by Crippen LogP contribution is -2.27. The smallest absolute Gasteiger partial charge is 0.162 e. The normalized spacial score (nSPS) is 15.0. The molecule has 5 rings (SSSR count). The summed E-state index contributed by atoms with van der Waals surface area (Å²) in [5.74, 6) is 3.52. The van der Waals surface area contributed by atoms with Crippen molar-refractivity contribution in [2.24, 2.45) is 5.92 Å². The van der Waals surface area contributed by atoms with Gasteiger partial charge in [0.1, 0.15) is 11.5 Å². The fraction of sp³-hybridized carbons (Fsp3) is 0.227. The van der Waals surface area contributed by atoms with E-state index in [1.54, 1.807) is 6.20 Å². The molecular formula is C22H21N7. The summed E-state index contributed by atoms with van der Waals surface area (Å²) in [6.07, 6.45) is 5.48. The van der Waals surface area contributed by atoms with Crippen LogP contribution in [-0.4, -0.2) is 29.7 Å². The van der Waals surface area contributed by atoms with E-state index in [1.165, 1.54) is 0 Å². The van der Waals surface area contributed by atoms with E-state index in [1.807, 2.05) is 48.1 Å². The minimum atomic E-state index is 0.0393. The summed E-state index contributed by atoms with van der Waals surface area (Å²) < 4.78 is 2.05. The van der Waals surface area contributed by atoms with Gasteiger partial charge in [0, 0.05) is 23.5 Å². The molecule has 144 valence electrons. The van der Waals surface area contributed by atoms with E-state index in [0.717, 1.165) is 39.8 Å². The second-order valence-electron chi connectivity index (χ2n) is 7.52. The second-order valence-corrected chi connectivity index (χ2v) is 7.52. The lowest BCUT2D eigenvalue weighted by atomic mass is 10.0. The highest BCUT2D eigenvalue weighted by Crippen LogP contribution is 2.37. The average molecular weight is 383 g/mol. The molecule has 29 heavy (non-hydrogen) atoms. The molecule has 1 atom stereocenters. The topological polar surface area (TPSA) is 81.4 Å². The third kappa shape index (κ3) is 2.86. The van der Waals surface area contributed by atoms with E-state index in [0.29, 0.717) is 11.7 Å². The van der Waals surface area contributed by atoms with Crippen LogP contribution in [0.1, 0.15) is 31.5 Å². The van der Waals surface area contributed by atoms with Crippen LogP contribution in [0.3, 0.4) is 0 Å². The molecule has 4 heterocycles. The molecule has 1 N–H and O–H groups in total. The van der Waals surface area contributed by atoms with Gasteiger partial charge in [0.25, 0.3) is 0 Å². The third-order valence-electron chi connectivity index (χ3n) is 5.24. The van der Waals surface area contributed by atoms with Gasteiger partial charge in [0.05, 0.1) is 12.2 Å². The van der Waals surface area contributed by atoms with Gasteiger partial charge >= 0.3 is 0 Å². The number of nitrogens with one attached hydrogen (secondary N) is 1. The zero-order valence-corrected chi connectivity index (χ0v) is 16.5. The van der Waals surface area contributed by atoms with E-state index in [9.17, 15) is 0 Å². The van der Waals surface area contributed by atoms with Crippen LogP contribution < -0.4 is 5.32 Å². The van der Waals surface area contributed by atoms with Crippen molar-refractivity contribution in [3.63, 3.8) is 0 Å². The van der Waals surface area contributed by atoms with Crippen LogP contribution in [0, 0.1) is 12.8 Å². The summed E-state index contributed by atoms with van der Waals surface area (Å²) in [6, 6.07) is 12.2. The second kappa shape index (κ2) is 6.77. The minimum absolute atomic E-state index is 0.0393. The highest BCUT2D eigenvalue weighted by atomic mass is 15.3. The van der Waals surface area contributed by atoms with Crippen LogP contribution in [0.15, 0.2) is 55.0 Å². The zero-order chi connectivity index (χ0) is 20.0. The van der Waals surface area contributed by atoms with Crippen molar-refractivity contribution in [1.29, 1.82) is 0 Å². The lowest BCUT2D eigenvalue weighted by molar-refractivity contribution is 0.503. The number of benzene rings is 1. The fourth-order valence-electron chi connectivity index (χ4n) is 3.77. The van der Waals surface area contributed by atoms with E-state index in [-0.39, 0.29) is 6.04 Å². The maximum Gasteiger partial charge on any atom is 0.162 e. The van der Waals surface area contributed by atoms with E-state index in [4.69, 9.17) is 4.98 Å². The van der Waals surface area contributed by atoms with Crippen LogP contribution in [0.25, 0.3) is 28.2 Å². The van der Waals surface area contributed by atoms with Gasteiger partial charge in [-0.1, -0.05) is 44.2 Å². The molecule has 0 spiro atoms. The predicted molar refractivity (Wildman–Crippen MR) is 112 cm³/mol. The highest BCUT2D eigenvalue weighted by Gasteiger charge is 2.31. The molecular weight excluding hydrogens is 362 g/mol. The van der Waals surface area contributed by atoms with E-state index < -0.39 is 0 Å². The number of aryl methyl sites for hydroxylation is 1. The van der Waals surface area contributed by atoms with Crippen LogP contribution in [0.5, 0.6) is 0 Å². The average Bonchev–Trinajstić information content (AvgIpc) is 3.15. The Morgan fingerprint density at radius 3 is 2.62 bits per heavy atom. The molecule has 1 aliphatic rings. The van der Waals surface area contributed by atoms with Crippen LogP contribution in [-0.2, 0) is 0 Å². The van der Waals surface area contributed by atoms with E-state index in [2.05, 4.69) is 51.5 Å². The SMILES string of the molecule is Cc1nnc2n1-c1cnc(-c3ccncc3-c3ccccc3)nc1NC2C(C)C. The summed E-state index contributed by atoms with van der Waals surface area (Å²) in [6.45, 7) is 6.28. The highest BCUT2D eigenvalue weighted by molar-refractivity contribution is 5.80. The Balaban J connectivity index is 1.66. The number of anilines is 1. The zero-order valence-electron chi connectivity index (χ0n) is 16.5. The molecule has 0 aliphatic carbocycles. The Kier molecular flexibility index (Phi) is 4.08. The quantitative estimate of drug-likeness (QED) is 0.570. The van der Waals surface area contributed by atoms with Gasteiger partial charge in [-0.25, -0.2) is 9.97 Å². The number of rotatable bonds is 3. The maximum atomic E-state index is 4.90. The van der Waals surface area contributed by atoms with Crippen molar-refractivity contribution in [1.82, 2.24) is 29.7 Å². The van der Waals surface area contributed by atoms with Gasteiger partial charge in [0.2, 0.25) is 0 Å². The molecule has 0 amide bonds. The largest absolute Gasteiger partial charge is 0.358 e. The number of pyridine rings is 1. The Morgan fingerprint density at radius 2 is 1.83 bits per heavy atom. The van der Waals surface area contributed by atoms with Gasteiger partial charge < -0.3 is 5.32 Å². The summed E-state index contributed by atoms with van der Waals surface area (Å²) in [5, 5.41) is 12.2. The van der Waals surface area contributed by atoms with Crippen molar-refractivity contribution in [2.45, 2.75) is 26.8 Å². The first kappa shape index (κ1) is 17.5. The van der Waals surface area contributed by atoms with Crippen LogP contribution in [0.4, 0.5) is 5.82 Å². The number of hydrogen-bond donors (Lipinski definition) is 1. The predicted octanol–water partition coefficient (Wildman–Crippen LogP) is 4.22. The van der Waals surface area contributed by atoms with Crippen LogP contribution >= 0.6 is 0 Å².